The number of primary amides is 1. The number of para-hydroxylation sites is 1. The number of fused-ring (bicyclic) bond motifs is 1. The second-order valence-electron chi connectivity index (χ2n) is 6.20. The molecule has 0 radical (unpaired) electrons. The van der Waals surface area contributed by atoms with Gasteiger partial charge in [-0.1, -0.05) is 23.7 Å². The summed E-state index contributed by atoms with van der Waals surface area (Å²) in [7, 11) is 0. The fourth-order valence-corrected chi connectivity index (χ4v) is 3.65. The van der Waals surface area contributed by atoms with Gasteiger partial charge in [-0.25, -0.2) is 0 Å². The molecule has 2 aliphatic rings. The maximum atomic E-state index is 12.6. The Balaban J connectivity index is 1.64. The normalized spacial score (nSPS) is 26.5. The van der Waals surface area contributed by atoms with Gasteiger partial charge in [0.15, 0.2) is 6.61 Å². The second kappa shape index (κ2) is 7.40. The van der Waals surface area contributed by atoms with Crippen molar-refractivity contribution in [1.82, 2.24) is 4.90 Å². The quantitative estimate of drug-likeness (QED) is 0.892. The van der Waals surface area contributed by atoms with Crippen molar-refractivity contribution < 1.29 is 19.1 Å². The molecule has 3 atom stereocenters. The number of hydrogen-bond acceptors (Lipinski definition) is 4. The van der Waals surface area contributed by atoms with Gasteiger partial charge in [0.25, 0.3) is 5.91 Å². The van der Waals surface area contributed by atoms with Crippen molar-refractivity contribution in [2.75, 3.05) is 19.8 Å². The summed E-state index contributed by atoms with van der Waals surface area (Å²) in [5, 5.41) is 0.469. The molecule has 0 unspecified atom stereocenters. The highest BCUT2D eigenvalue weighted by Crippen LogP contribution is 2.32. The van der Waals surface area contributed by atoms with E-state index >= 15 is 0 Å². The summed E-state index contributed by atoms with van der Waals surface area (Å²) in [5.41, 5.74) is 5.44. The highest BCUT2D eigenvalue weighted by atomic mass is 35.5. The Bertz CT molecular complexity index is 624. The molecule has 1 aliphatic carbocycles. The number of benzene rings is 1. The Morgan fingerprint density at radius 2 is 2.12 bits per heavy atom. The Hall–Kier alpha value is -1.79. The van der Waals surface area contributed by atoms with Gasteiger partial charge in [-0.05, 0) is 31.4 Å². The van der Waals surface area contributed by atoms with Gasteiger partial charge >= 0.3 is 0 Å². The van der Waals surface area contributed by atoms with Gasteiger partial charge < -0.3 is 20.1 Å². The lowest BCUT2D eigenvalue weighted by molar-refractivity contribution is -0.155. The van der Waals surface area contributed by atoms with Crippen molar-refractivity contribution in [3.05, 3.63) is 29.3 Å². The van der Waals surface area contributed by atoms with Crippen molar-refractivity contribution in [1.29, 1.82) is 0 Å². The lowest BCUT2D eigenvalue weighted by Gasteiger charge is -2.45. The molecule has 1 saturated carbocycles. The lowest BCUT2D eigenvalue weighted by atomic mass is 9.82. The van der Waals surface area contributed by atoms with Gasteiger partial charge in [-0.15, -0.1) is 0 Å². The first kappa shape index (κ1) is 17.0. The molecule has 24 heavy (non-hydrogen) atoms. The molecule has 1 heterocycles. The second-order valence-corrected chi connectivity index (χ2v) is 6.60. The standard InChI is InChI=1S/C17H21ClN2O4/c18-12-3-1-2-4-14(12)24-10-16(21)20-7-8-23-15-6-5-11(17(19)22)9-13(15)20/h1-4,11,13,15H,5-10H2,(H2,19,22)/t11-,13+,15+/m0/s1. The zero-order chi connectivity index (χ0) is 17.1. The minimum absolute atomic E-state index is 0.0291. The van der Waals surface area contributed by atoms with E-state index in [-0.39, 0.29) is 36.5 Å². The van der Waals surface area contributed by atoms with E-state index in [0.29, 0.717) is 36.8 Å². The topological polar surface area (TPSA) is 81.9 Å². The van der Waals surface area contributed by atoms with Crippen LogP contribution in [-0.4, -0.2) is 48.6 Å². The van der Waals surface area contributed by atoms with E-state index in [1.54, 1.807) is 29.2 Å². The van der Waals surface area contributed by atoms with Crippen LogP contribution in [0.1, 0.15) is 19.3 Å². The van der Waals surface area contributed by atoms with Crippen molar-refractivity contribution in [2.45, 2.75) is 31.4 Å². The van der Waals surface area contributed by atoms with Crippen LogP contribution in [-0.2, 0) is 14.3 Å². The zero-order valence-corrected chi connectivity index (χ0v) is 14.1. The summed E-state index contributed by atoms with van der Waals surface area (Å²) in [6.45, 7) is 0.909. The minimum Gasteiger partial charge on any atom is -0.482 e. The number of carbonyl (C=O) groups is 2. The largest absolute Gasteiger partial charge is 0.482 e. The molecular weight excluding hydrogens is 332 g/mol. The molecular formula is C17H21ClN2O4. The summed E-state index contributed by atoms with van der Waals surface area (Å²) >= 11 is 6.04. The number of carbonyl (C=O) groups excluding carboxylic acids is 2. The third-order valence-electron chi connectivity index (χ3n) is 4.73. The van der Waals surface area contributed by atoms with Gasteiger partial charge in [-0.2, -0.15) is 0 Å². The molecule has 1 aromatic rings. The van der Waals surface area contributed by atoms with Crippen molar-refractivity contribution in [2.24, 2.45) is 11.7 Å². The van der Waals surface area contributed by atoms with E-state index in [1.165, 1.54) is 0 Å². The van der Waals surface area contributed by atoms with Crippen LogP contribution in [0.25, 0.3) is 0 Å². The van der Waals surface area contributed by atoms with E-state index < -0.39 is 0 Å². The molecule has 130 valence electrons. The van der Waals surface area contributed by atoms with E-state index in [2.05, 4.69) is 0 Å². The van der Waals surface area contributed by atoms with E-state index in [1.807, 2.05) is 0 Å². The van der Waals surface area contributed by atoms with Crippen molar-refractivity contribution in [3.63, 3.8) is 0 Å². The molecule has 1 aliphatic heterocycles. The minimum atomic E-state index is -0.307. The number of nitrogens with zero attached hydrogens (tertiary/aromatic N) is 1. The average Bonchev–Trinajstić information content (AvgIpc) is 2.59. The zero-order valence-electron chi connectivity index (χ0n) is 13.3. The highest BCUT2D eigenvalue weighted by Gasteiger charge is 2.41. The van der Waals surface area contributed by atoms with Crippen LogP contribution in [0.5, 0.6) is 5.75 Å². The predicted octanol–water partition coefficient (Wildman–Crippen LogP) is 1.60. The number of hydrogen-bond donors (Lipinski definition) is 1. The number of halogens is 1. The first-order chi connectivity index (χ1) is 11.6. The summed E-state index contributed by atoms with van der Waals surface area (Å²) in [5.74, 6) is -0.152. The molecule has 2 fully saturated rings. The maximum absolute atomic E-state index is 12.6. The summed E-state index contributed by atoms with van der Waals surface area (Å²) in [6, 6.07) is 6.92. The Kier molecular flexibility index (Phi) is 5.26. The first-order valence-electron chi connectivity index (χ1n) is 8.14. The molecule has 0 spiro atoms. The molecule has 2 amide bonds. The summed E-state index contributed by atoms with van der Waals surface area (Å²) in [4.78, 5) is 25.9. The molecule has 1 saturated heterocycles. The van der Waals surface area contributed by atoms with Crippen LogP contribution in [0.15, 0.2) is 24.3 Å². The number of ether oxygens (including phenoxy) is 2. The van der Waals surface area contributed by atoms with Crippen LogP contribution in [0.3, 0.4) is 0 Å². The van der Waals surface area contributed by atoms with Gasteiger partial charge in [0.1, 0.15) is 5.75 Å². The molecule has 2 N–H and O–H groups in total. The van der Waals surface area contributed by atoms with Crippen LogP contribution in [0.4, 0.5) is 0 Å². The van der Waals surface area contributed by atoms with Crippen molar-refractivity contribution in [3.8, 4) is 5.75 Å². The van der Waals surface area contributed by atoms with Crippen LogP contribution in [0.2, 0.25) is 5.02 Å². The van der Waals surface area contributed by atoms with E-state index in [9.17, 15) is 9.59 Å². The Morgan fingerprint density at radius 1 is 1.33 bits per heavy atom. The van der Waals surface area contributed by atoms with E-state index in [0.717, 1.165) is 6.42 Å². The molecule has 6 nitrogen and oxygen atoms in total. The van der Waals surface area contributed by atoms with Crippen LogP contribution < -0.4 is 10.5 Å². The molecule has 0 bridgehead atoms. The highest BCUT2D eigenvalue weighted by molar-refractivity contribution is 6.32. The maximum Gasteiger partial charge on any atom is 0.260 e. The van der Waals surface area contributed by atoms with Gasteiger partial charge in [0, 0.05) is 12.5 Å². The summed E-state index contributed by atoms with van der Waals surface area (Å²) in [6.07, 6.45) is 1.98. The fraction of sp³-hybridized carbons (Fsp3) is 0.529. The molecule has 1 aromatic carbocycles. The third-order valence-corrected chi connectivity index (χ3v) is 5.04. The van der Waals surface area contributed by atoms with Gasteiger partial charge in [-0.3, -0.25) is 9.59 Å². The van der Waals surface area contributed by atoms with Crippen molar-refractivity contribution >= 4 is 23.4 Å². The Morgan fingerprint density at radius 3 is 2.88 bits per heavy atom. The van der Waals surface area contributed by atoms with Crippen LogP contribution in [0, 0.1) is 5.92 Å². The SMILES string of the molecule is NC(=O)[C@H]1CC[C@H]2OCCN(C(=O)COc3ccccc3Cl)[C@@H]2C1. The Labute approximate surface area is 145 Å². The summed E-state index contributed by atoms with van der Waals surface area (Å²) < 4.78 is 11.3. The lowest BCUT2D eigenvalue weighted by Crippen LogP contribution is -2.57. The predicted molar refractivity (Wildman–Crippen MR) is 88.7 cm³/mol. The smallest absolute Gasteiger partial charge is 0.260 e. The number of morpholine rings is 1. The van der Waals surface area contributed by atoms with E-state index in [4.69, 9.17) is 26.8 Å². The fourth-order valence-electron chi connectivity index (χ4n) is 3.46. The molecule has 0 aromatic heterocycles. The third kappa shape index (κ3) is 3.65. The molecule has 3 rings (SSSR count). The average molecular weight is 353 g/mol. The monoisotopic (exact) mass is 352 g/mol. The number of amides is 2. The first-order valence-corrected chi connectivity index (χ1v) is 8.51. The van der Waals surface area contributed by atoms with Gasteiger partial charge in [0.05, 0.1) is 23.8 Å². The van der Waals surface area contributed by atoms with Gasteiger partial charge in [0.2, 0.25) is 5.91 Å². The van der Waals surface area contributed by atoms with Crippen LogP contribution >= 0.6 is 11.6 Å². The number of rotatable bonds is 4. The molecule has 7 heteroatoms. The number of nitrogens with two attached hydrogens (primary N) is 1.